The first-order valence-corrected chi connectivity index (χ1v) is 7.36. The van der Waals surface area contributed by atoms with Gasteiger partial charge in [-0.25, -0.2) is 9.78 Å². The number of carboxylic acid groups (broad SMARTS) is 1. The molecule has 0 radical (unpaired) electrons. The van der Waals surface area contributed by atoms with E-state index in [4.69, 9.17) is 5.11 Å². The summed E-state index contributed by atoms with van der Waals surface area (Å²) < 4.78 is 2.24. The zero-order valence-corrected chi connectivity index (χ0v) is 12.4. The van der Waals surface area contributed by atoms with Gasteiger partial charge in [-0.1, -0.05) is 27.2 Å². The third-order valence-corrected chi connectivity index (χ3v) is 3.78. The van der Waals surface area contributed by atoms with Crippen LogP contribution in [0.1, 0.15) is 62.3 Å². The molecule has 0 aliphatic carbocycles. The fourth-order valence-electron chi connectivity index (χ4n) is 2.78. The van der Waals surface area contributed by atoms with Crippen molar-refractivity contribution in [2.75, 3.05) is 0 Å². The molecule has 1 unspecified atom stereocenters. The Hall–Kier alpha value is -1.84. The summed E-state index contributed by atoms with van der Waals surface area (Å²) in [6.07, 6.45) is 4.09. The molecular weight excluding hydrogens is 252 g/mol. The largest absolute Gasteiger partial charge is 0.478 e. The van der Waals surface area contributed by atoms with E-state index in [1.54, 1.807) is 12.1 Å². The molecule has 0 amide bonds. The highest BCUT2D eigenvalue weighted by molar-refractivity contribution is 5.92. The molecule has 0 saturated heterocycles. The number of carboxylic acids is 1. The normalized spacial score (nSPS) is 12.8. The minimum Gasteiger partial charge on any atom is -0.478 e. The van der Waals surface area contributed by atoms with Gasteiger partial charge in [0.2, 0.25) is 0 Å². The van der Waals surface area contributed by atoms with Gasteiger partial charge in [0, 0.05) is 12.5 Å². The van der Waals surface area contributed by atoms with Gasteiger partial charge in [0.15, 0.2) is 0 Å². The van der Waals surface area contributed by atoms with Gasteiger partial charge in [0.25, 0.3) is 0 Å². The zero-order valence-electron chi connectivity index (χ0n) is 12.4. The van der Waals surface area contributed by atoms with Crippen LogP contribution in [0.5, 0.6) is 0 Å². The Bertz CT molecular complexity index is 616. The van der Waals surface area contributed by atoms with Gasteiger partial charge in [0.05, 0.1) is 16.6 Å². The summed E-state index contributed by atoms with van der Waals surface area (Å²) in [7, 11) is 0. The Balaban J connectivity index is 2.64. The van der Waals surface area contributed by atoms with Gasteiger partial charge >= 0.3 is 5.97 Å². The predicted molar refractivity (Wildman–Crippen MR) is 80.3 cm³/mol. The van der Waals surface area contributed by atoms with Crippen molar-refractivity contribution in [2.24, 2.45) is 0 Å². The van der Waals surface area contributed by atoms with Crippen molar-refractivity contribution in [3.05, 3.63) is 29.6 Å². The summed E-state index contributed by atoms with van der Waals surface area (Å²) in [5.41, 5.74) is 2.16. The van der Waals surface area contributed by atoms with E-state index in [0.29, 0.717) is 11.6 Å². The van der Waals surface area contributed by atoms with Gasteiger partial charge in [-0.2, -0.15) is 0 Å². The molecule has 0 aliphatic heterocycles. The SMILES string of the molecule is CCCC(CC)n1c(CC)nc2ccc(C(=O)O)cc21. The second kappa shape index (κ2) is 6.07. The molecule has 2 aromatic rings. The quantitative estimate of drug-likeness (QED) is 0.864. The molecule has 0 fully saturated rings. The third-order valence-electron chi connectivity index (χ3n) is 3.78. The average Bonchev–Trinajstić information content (AvgIpc) is 2.82. The highest BCUT2D eigenvalue weighted by Gasteiger charge is 2.17. The second-order valence-corrected chi connectivity index (χ2v) is 5.11. The number of fused-ring (bicyclic) bond motifs is 1. The summed E-state index contributed by atoms with van der Waals surface area (Å²) in [6, 6.07) is 5.58. The van der Waals surface area contributed by atoms with Crippen molar-refractivity contribution < 1.29 is 9.90 Å². The average molecular weight is 274 g/mol. The molecule has 0 bridgehead atoms. The summed E-state index contributed by atoms with van der Waals surface area (Å²) in [5.74, 6) is 0.157. The number of nitrogens with zero attached hydrogens (tertiary/aromatic N) is 2. The van der Waals surface area contributed by atoms with Crippen molar-refractivity contribution in [1.82, 2.24) is 9.55 Å². The fraction of sp³-hybridized carbons (Fsp3) is 0.500. The standard InChI is InChI=1S/C16H22N2O2/c1-4-7-12(5-2)18-14-10-11(16(19)20)8-9-13(14)17-15(18)6-3/h8-10,12H,4-7H2,1-3H3,(H,19,20). The third kappa shape index (κ3) is 2.55. The van der Waals surface area contributed by atoms with E-state index in [1.165, 1.54) is 0 Å². The number of hydrogen-bond donors (Lipinski definition) is 1. The van der Waals surface area contributed by atoms with Gasteiger partial charge in [-0.3, -0.25) is 0 Å². The first-order valence-electron chi connectivity index (χ1n) is 7.36. The van der Waals surface area contributed by atoms with Crippen LogP contribution in [0.2, 0.25) is 0 Å². The Labute approximate surface area is 119 Å². The highest BCUT2D eigenvalue weighted by Crippen LogP contribution is 2.27. The van der Waals surface area contributed by atoms with Crippen LogP contribution < -0.4 is 0 Å². The van der Waals surface area contributed by atoms with Gasteiger partial charge in [-0.05, 0) is 31.0 Å². The van der Waals surface area contributed by atoms with E-state index in [-0.39, 0.29) is 0 Å². The number of aryl methyl sites for hydroxylation is 1. The van der Waals surface area contributed by atoms with E-state index in [2.05, 4.69) is 30.3 Å². The first kappa shape index (κ1) is 14.6. The summed E-state index contributed by atoms with van der Waals surface area (Å²) in [6.45, 7) is 6.44. The maximum atomic E-state index is 11.2. The van der Waals surface area contributed by atoms with Crippen LogP contribution in [0.3, 0.4) is 0 Å². The van der Waals surface area contributed by atoms with Crippen LogP contribution in [0.25, 0.3) is 11.0 Å². The van der Waals surface area contributed by atoms with E-state index >= 15 is 0 Å². The van der Waals surface area contributed by atoms with Crippen molar-refractivity contribution >= 4 is 17.0 Å². The topological polar surface area (TPSA) is 55.1 Å². The monoisotopic (exact) mass is 274 g/mol. The summed E-state index contributed by atoms with van der Waals surface area (Å²) in [5, 5.41) is 9.17. The molecule has 2 rings (SSSR count). The molecular formula is C16H22N2O2. The molecule has 0 spiro atoms. The Morgan fingerprint density at radius 1 is 1.35 bits per heavy atom. The van der Waals surface area contributed by atoms with Crippen LogP contribution in [0.4, 0.5) is 0 Å². The minimum absolute atomic E-state index is 0.327. The number of benzene rings is 1. The summed E-state index contributed by atoms with van der Waals surface area (Å²) >= 11 is 0. The number of imidazole rings is 1. The van der Waals surface area contributed by atoms with Gasteiger partial charge in [0.1, 0.15) is 5.82 Å². The van der Waals surface area contributed by atoms with Crippen LogP contribution in [0.15, 0.2) is 18.2 Å². The van der Waals surface area contributed by atoms with Gasteiger partial charge in [-0.15, -0.1) is 0 Å². The van der Waals surface area contributed by atoms with E-state index < -0.39 is 5.97 Å². The van der Waals surface area contributed by atoms with E-state index in [1.807, 2.05) is 6.07 Å². The minimum atomic E-state index is -0.888. The maximum Gasteiger partial charge on any atom is 0.335 e. The van der Waals surface area contributed by atoms with E-state index in [0.717, 1.165) is 42.5 Å². The molecule has 0 saturated carbocycles. The van der Waals surface area contributed by atoms with Crippen LogP contribution in [-0.2, 0) is 6.42 Å². The maximum absolute atomic E-state index is 11.2. The number of aromatic nitrogens is 2. The van der Waals surface area contributed by atoms with Crippen LogP contribution in [0, 0.1) is 0 Å². The fourth-order valence-corrected chi connectivity index (χ4v) is 2.78. The number of hydrogen-bond acceptors (Lipinski definition) is 2. The molecule has 1 N–H and O–H groups in total. The molecule has 20 heavy (non-hydrogen) atoms. The highest BCUT2D eigenvalue weighted by atomic mass is 16.4. The zero-order chi connectivity index (χ0) is 14.7. The lowest BCUT2D eigenvalue weighted by molar-refractivity contribution is 0.0697. The Morgan fingerprint density at radius 2 is 2.10 bits per heavy atom. The Kier molecular flexibility index (Phi) is 4.42. The lowest BCUT2D eigenvalue weighted by Crippen LogP contribution is -2.11. The van der Waals surface area contributed by atoms with Crippen LogP contribution >= 0.6 is 0 Å². The first-order chi connectivity index (χ1) is 9.62. The number of carbonyl (C=O) groups is 1. The number of aromatic carboxylic acids is 1. The molecule has 1 aromatic carbocycles. The number of rotatable bonds is 6. The molecule has 108 valence electrons. The van der Waals surface area contributed by atoms with Gasteiger partial charge < -0.3 is 9.67 Å². The van der Waals surface area contributed by atoms with Crippen molar-refractivity contribution in [1.29, 1.82) is 0 Å². The second-order valence-electron chi connectivity index (χ2n) is 5.11. The molecule has 1 aromatic heterocycles. The van der Waals surface area contributed by atoms with Crippen LogP contribution in [-0.4, -0.2) is 20.6 Å². The van der Waals surface area contributed by atoms with Crippen molar-refractivity contribution in [2.45, 2.75) is 52.5 Å². The summed E-state index contributed by atoms with van der Waals surface area (Å²) in [4.78, 5) is 15.8. The lowest BCUT2D eigenvalue weighted by atomic mass is 10.1. The van der Waals surface area contributed by atoms with Crippen molar-refractivity contribution in [3.8, 4) is 0 Å². The molecule has 0 aliphatic rings. The Morgan fingerprint density at radius 3 is 2.65 bits per heavy atom. The molecule has 1 atom stereocenters. The van der Waals surface area contributed by atoms with E-state index in [9.17, 15) is 4.79 Å². The lowest BCUT2D eigenvalue weighted by Gasteiger charge is -2.19. The molecule has 4 nitrogen and oxygen atoms in total. The smallest absolute Gasteiger partial charge is 0.335 e. The molecule has 1 heterocycles. The predicted octanol–water partition coefficient (Wildman–Crippen LogP) is 4.05. The van der Waals surface area contributed by atoms with Crippen molar-refractivity contribution in [3.63, 3.8) is 0 Å². The molecule has 4 heteroatoms.